The number of rotatable bonds is 7. The predicted octanol–water partition coefficient (Wildman–Crippen LogP) is 5.56. The first-order chi connectivity index (χ1) is 16.6. The van der Waals surface area contributed by atoms with Crippen LogP contribution in [0.1, 0.15) is 59.2 Å². The Morgan fingerprint density at radius 2 is 1.54 bits per heavy atom. The zero-order chi connectivity index (χ0) is 25.2. The third-order valence-corrected chi connectivity index (χ3v) is 8.54. The van der Waals surface area contributed by atoms with Gasteiger partial charge in [-0.3, -0.25) is 9.10 Å². The molecule has 1 N–H and O–H groups in total. The van der Waals surface area contributed by atoms with E-state index in [1.54, 1.807) is 30.3 Å². The maximum Gasteiger partial charge on any atom is 0.264 e. The van der Waals surface area contributed by atoms with Gasteiger partial charge >= 0.3 is 0 Å². The number of hydrogen-bond acceptors (Lipinski definition) is 3. The molecule has 1 amide bonds. The van der Waals surface area contributed by atoms with Crippen LogP contribution < -0.4 is 9.62 Å². The number of carbonyl (C=O) groups excluding carboxylic acids is 1. The van der Waals surface area contributed by atoms with E-state index in [1.165, 1.54) is 28.3 Å². The molecule has 3 aromatic rings. The molecule has 0 radical (unpaired) electrons. The van der Waals surface area contributed by atoms with E-state index in [0.29, 0.717) is 5.69 Å². The zero-order valence-corrected chi connectivity index (χ0v) is 21.8. The largest absolute Gasteiger partial charge is 0.348 e. The van der Waals surface area contributed by atoms with E-state index in [2.05, 4.69) is 23.5 Å². The van der Waals surface area contributed by atoms with Crippen LogP contribution in [0.4, 0.5) is 5.69 Å². The van der Waals surface area contributed by atoms with Gasteiger partial charge in [0, 0.05) is 0 Å². The molecule has 0 saturated heterocycles. The number of anilines is 1. The summed E-state index contributed by atoms with van der Waals surface area (Å²) in [6.07, 6.45) is 4.60. The number of fused-ring (bicyclic) bond motifs is 1. The van der Waals surface area contributed by atoms with Gasteiger partial charge in [-0.25, -0.2) is 8.42 Å². The Morgan fingerprint density at radius 1 is 0.886 bits per heavy atom. The summed E-state index contributed by atoms with van der Waals surface area (Å²) in [4.78, 5) is 13.4. The highest BCUT2D eigenvalue weighted by molar-refractivity contribution is 7.92. The fraction of sp³-hybridized carbons (Fsp3) is 0.345. The van der Waals surface area contributed by atoms with Crippen LogP contribution in [-0.2, 0) is 27.7 Å². The Balaban J connectivity index is 1.60. The summed E-state index contributed by atoms with van der Waals surface area (Å²) in [5, 5.41) is 3.02. The molecule has 35 heavy (non-hydrogen) atoms. The summed E-state index contributed by atoms with van der Waals surface area (Å²) in [5.74, 6) is -0.342. The zero-order valence-electron chi connectivity index (χ0n) is 21.0. The SMILES string of the molecule is Cc1ccc(S(=O)(=O)N(CC(=O)N[C@H](C)c2ccc3c(c2)CCCC3)c2ccc(C)cc2C)cc1. The first kappa shape index (κ1) is 25.0. The number of sulfonamides is 1. The van der Waals surface area contributed by atoms with Crippen molar-refractivity contribution in [1.82, 2.24) is 5.32 Å². The lowest BCUT2D eigenvalue weighted by atomic mass is 9.89. The maximum absolute atomic E-state index is 13.7. The summed E-state index contributed by atoms with van der Waals surface area (Å²) in [5.41, 5.74) is 7.10. The highest BCUT2D eigenvalue weighted by Crippen LogP contribution is 2.28. The second-order valence-corrected chi connectivity index (χ2v) is 11.5. The Kier molecular flexibility index (Phi) is 7.31. The summed E-state index contributed by atoms with van der Waals surface area (Å²) in [6, 6.07) is 18.5. The van der Waals surface area contributed by atoms with Crippen molar-refractivity contribution in [2.45, 2.75) is 64.3 Å². The molecule has 0 heterocycles. The Hall–Kier alpha value is -3.12. The number of carbonyl (C=O) groups is 1. The lowest BCUT2D eigenvalue weighted by Gasteiger charge is -2.27. The lowest BCUT2D eigenvalue weighted by molar-refractivity contribution is -0.120. The number of benzene rings is 3. The molecule has 1 atom stereocenters. The van der Waals surface area contributed by atoms with Gasteiger partial charge in [0.15, 0.2) is 0 Å². The highest BCUT2D eigenvalue weighted by Gasteiger charge is 2.29. The van der Waals surface area contributed by atoms with Crippen LogP contribution in [0.3, 0.4) is 0 Å². The first-order valence-electron chi connectivity index (χ1n) is 12.2. The quantitative estimate of drug-likeness (QED) is 0.471. The third-order valence-electron chi connectivity index (χ3n) is 6.77. The van der Waals surface area contributed by atoms with Crippen LogP contribution in [-0.4, -0.2) is 20.9 Å². The van der Waals surface area contributed by atoms with Crippen LogP contribution in [0.25, 0.3) is 0 Å². The van der Waals surface area contributed by atoms with Crippen LogP contribution in [0.15, 0.2) is 65.6 Å². The van der Waals surface area contributed by atoms with E-state index < -0.39 is 10.0 Å². The van der Waals surface area contributed by atoms with Crippen molar-refractivity contribution in [3.05, 3.63) is 94.0 Å². The Labute approximate surface area is 209 Å². The van der Waals surface area contributed by atoms with Crippen molar-refractivity contribution in [1.29, 1.82) is 0 Å². The molecule has 0 saturated carbocycles. The molecular formula is C29H34N2O3S. The average molecular weight is 491 g/mol. The summed E-state index contributed by atoms with van der Waals surface area (Å²) < 4.78 is 28.6. The summed E-state index contributed by atoms with van der Waals surface area (Å²) in [6.45, 7) is 7.39. The van der Waals surface area contributed by atoms with Crippen LogP contribution in [0.5, 0.6) is 0 Å². The van der Waals surface area contributed by atoms with Crippen LogP contribution in [0.2, 0.25) is 0 Å². The van der Waals surface area contributed by atoms with Crippen molar-refractivity contribution < 1.29 is 13.2 Å². The van der Waals surface area contributed by atoms with Gasteiger partial charge in [-0.1, -0.05) is 53.6 Å². The molecule has 1 aliphatic rings. The molecule has 0 unspecified atom stereocenters. The van der Waals surface area contributed by atoms with Crippen LogP contribution in [0, 0.1) is 20.8 Å². The van der Waals surface area contributed by atoms with Gasteiger partial charge in [0.05, 0.1) is 16.6 Å². The molecule has 0 aliphatic heterocycles. The summed E-state index contributed by atoms with van der Waals surface area (Å²) >= 11 is 0. The van der Waals surface area contributed by atoms with E-state index in [0.717, 1.165) is 35.1 Å². The van der Waals surface area contributed by atoms with E-state index in [-0.39, 0.29) is 23.4 Å². The predicted molar refractivity (Wildman–Crippen MR) is 141 cm³/mol. The minimum atomic E-state index is -3.94. The van der Waals surface area contributed by atoms with Crippen molar-refractivity contribution in [3.63, 3.8) is 0 Å². The number of amides is 1. The molecule has 184 valence electrons. The van der Waals surface area contributed by atoms with Gasteiger partial charge in [-0.05, 0) is 93.8 Å². The smallest absolute Gasteiger partial charge is 0.264 e. The number of nitrogens with one attached hydrogen (secondary N) is 1. The van der Waals surface area contributed by atoms with E-state index >= 15 is 0 Å². The standard InChI is InChI=1S/C29H34N2O3S/c1-20-9-14-27(15-10-20)35(33,34)31(28-16-11-21(2)17-22(28)3)19-29(32)30-23(4)25-13-12-24-7-5-6-8-26(24)18-25/h9-18,23H,5-8,19H2,1-4H3,(H,30,32)/t23-/m1/s1. The van der Waals surface area contributed by atoms with Gasteiger partial charge < -0.3 is 5.32 Å². The maximum atomic E-state index is 13.7. The van der Waals surface area contributed by atoms with E-state index in [1.807, 2.05) is 39.8 Å². The molecule has 0 fully saturated rings. The number of hydrogen-bond donors (Lipinski definition) is 1. The van der Waals surface area contributed by atoms with E-state index in [9.17, 15) is 13.2 Å². The van der Waals surface area contributed by atoms with Crippen molar-refractivity contribution in [3.8, 4) is 0 Å². The Morgan fingerprint density at radius 3 is 2.23 bits per heavy atom. The van der Waals surface area contributed by atoms with Gasteiger partial charge in [-0.2, -0.15) is 0 Å². The third kappa shape index (κ3) is 5.59. The monoisotopic (exact) mass is 490 g/mol. The van der Waals surface area contributed by atoms with Crippen molar-refractivity contribution >= 4 is 21.6 Å². The van der Waals surface area contributed by atoms with Gasteiger partial charge in [0.1, 0.15) is 6.54 Å². The van der Waals surface area contributed by atoms with E-state index in [4.69, 9.17) is 0 Å². The molecule has 0 spiro atoms. The molecular weight excluding hydrogens is 456 g/mol. The topological polar surface area (TPSA) is 66.5 Å². The van der Waals surface area contributed by atoms with Gasteiger partial charge in [-0.15, -0.1) is 0 Å². The molecule has 3 aromatic carbocycles. The molecule has 6 heteroatoms. The van der Waals surface area contributed by atoms with Crippen molar-refractivity contribution in [2.24, 2.45) is 0 Å². The van der Waals surface area contributed by atoms with Crippen molar-refractivity contribution in [2.75, 3.05) is 10.8 Å². The lowest BCUT2D eigenvalue weighted by Crippen LogP contribution is -2.42. The normalized spacial score (nSPS) is 14.2. The highest BCUT2D eigenvalue weighted by atomic mass is 32.2. The van der Waals surface area contributed by atoms with Crippen LogP contribution >= 0.6 is 0 Å². The number of nitrogens with zero attached hydrogens (tertiary/aromatic N) is 1. The Bertz CT molecular complexity index is 1330. The molecule has 0 bridgehead atoms. The summed E-state index contributed by atoms with van der Waals surface area (Å²) in [7, 11) is -3.94. The van der Waals surface area contributed by atoms with Gasteiger partial charge in [0.25, 0.3) is 10.0 Å². The second-order valence-electron chi connectivity index (χ2n) is 9.64. The minimum Gasteiger partial charge on any atom is -0.348 e. The number of aryl methyl sites for hydroxylation is 5. The molecule has 1 aliphatic carbocycles. The minimum absolute atomic E-state index is 0.165. The first-order valence-corrected chi connectivity index (χ1v) is 13.7. The van der Waals surface area contributed by atoms with Gasteiger partial charge in [0.2, 0.25) is 5.91 Å². The second kappa shape index (κ2) is 10.2. The fourth-order valence-electron chi connectivity index (χ4n) is 4.75. The molecule has 0 aromatic heterocycles. The molecule has 5 nitrogen and oxygen atoms in total. The average Bonchev–Trinajstić information content (AvgIpc) is 2.83. The molecule has 4 rings (SSSR count). The fourth-order valence-corrected chi connectivity index (χ4v) is 6.23.